The van der Waals surface area contributed by atoms with E-state index in [1.54, 1.807) is 0 Å². The number of hydrogen-bond donors (Lipinski definition) is 1. The van der Waals surface area contributed by atoms with Crippen molar-refractivity contribution in [3.8, 4) is 0 Å². The Hall–Kier alpha value is -3.27. The summed E-state index contributed by atoms with van der Waals surface area (Å²) in [7, 11) is -0.603. The molecule has 2 heterocycles. The van der Waals surface area contributed by atoms with Crippen LogP contribution in [-0.4, -0.2) is 34.7 Å². The normalized spacial score (nSPS) is 11.5. The molecule has 0 aliphatic rings. The molecule has 2 aromatic heterocycles. The number of anilines is 1. The van der Waals surface area contributed by atoms with Crippen LogP contribution in [0.5, 0.6) is 0 Å². The zero-order chi connectivity index (χ0) is 19.9. The Balaban J connectivity index is 2.02. The molecule has 0 aliphatic carbocycles. The first-order chi connectivity index (χ1) is 12.6. The highest BCUT2D eigenvalue weighted by Crippen LogP contribution is 2.15. The fourth-order valence-electron chi connectivity index (χ4n) is 2.60. The van der Waals surface area contributed by atoms with E-state index in [1.165, 1.54) is 55.2 Å². The van der Waals surface area contributed by atoms with Crippen molar-refractivity contribution in [2.75, 3.05) is 11.6 Å². The number of rotatable bonds is 3. The Morgan fingerprint density at radius 2 is 1.81 bits per heavy atom. The van der Waals surface area contributed by atoms with E-state index in [1.807, 2.05) is 0 Å². The number of aromatic nitrogens is 3. The average molecular weight is 388 g/mol. The van der Waals surface area contributed by atoms with Gasteiger partial charge in [0, 0.05) is 25.9 Å². The van der Waals surface area contributed by atoms with Crippen LogP contribution >= 0.6 is 0 Å². The molecule has 0 unspecified atom stereocenters. The SMILES string of the molecule is Cn1c(=O)c2cc(NC(=O)c3cccc(S(C)(=O)=O)c3)cnc2n(C)c1=O. The highest BCUT2D eigenvalue weighted by molar-refractivity contribution is 7.90. The summed E-state index contributed by atoms with van der Waals surface area (Å²) < 4.78 is 25.5. The van der Waals surface area contributed by atoms with E-state index in [4.69, 9.17) is 0 Å². The van der Waals surface area contributed by atoms with Gasteiger partial charge in [-0.05, 0) is 24.3 Å². The van der Waals surface area contributed by atoms with Gasteiger partial charge in [0.2, 0.25) is 0 Å². The Labute approximate surface area is 153 Å². The number of aryl methyl sites for hydroxylation is 1. The number of nitrogens with one attached hydrogen (secondary N) is 1. The van der Waals surface area contributed by atoms with E-state index in [0.29, 0.717) is 0 Å². The summed E-state index contributed by atoms with van der Waals surface area (Å²) in [5, 5.41) is 2.75. The fourth-order valence-corrected chi connectivity index (χ4v) is 3.27. The minimum atomic E-state index is -3.45. The van der Waals surface area contributed by atoms with Gasteiger partial charge >= 0.3 is 5.69 Å². The van der Waals surface area contributed by atoms with Gasteiger partial charge < -0.3 is 5.32 Å². The molecule has 3 rings (SSSR count). The van der Waals surface area contributed by atoms with Crippen LogP contribution in [-0.2, 0) is 23.9 Å². The lowest BCUT2D eigenvalue weighted by molar-refractivity contribution is 0.102. The summed E-state index contributed by atoms with van der Waals surface area (Å²) >= 11 is 0. The maximum atomic E-state index is 12.4. The van der Waals surface area contributed by atoms with Crippen molar-refractivity contribution in [3.05, 3.63) is 62.9 Å². The number of fused-ring (bicyclic) bond motifs is 1. The van der Waals surface area contributed by atoms with Gasteiger partial charge in [0.25, 0.3) is 11.5 Å². The second-order valence-electron chi connectivity index (χ2n) is 6.06. The molecule has 0 bridgehead atoms. The molecule has 0 aliphatic heterocycles. The molecule has 140 valence electrons. The summed E-state index contributed by atoms with van der Waals surface area (Å²) in [5.41, 5.74) is -0.454. The van der Waals surface area contributed by atoms with Crippen LogP contribution in [0.15, 0.2) is 51.0 Å². The maximum Gasteiger partial charge on any atom is 0.332 e. The van der Waals surface area contributed by atoms with Crippen molar-refractivity contribution >= 4 is 32.5 Å². The third kappa shape index (κ3) is 3.38. The van der Waals surface area contributed by atoms with Gasteiger partial charge in [-0.15, -0.1) is 0 Å². The molecular weight excluding hydrogens is 372 g/mol. The first-order valence-corrected chi connectivity index (χ1v) is 9.66. The number of amides is 1. The lowest BCUT2D eigenvalue weighted by Gasteiger charge is -2.09. The summed E-state index contributed by atoms with van der Waals surface area (Å²) in [5.74, 6) is -0.553. The fraction of sp³-hybridized carbons (Fsp3) is 0.176. The topological polar surface area (TPSA) is 120 Å². The monoisotopic (exact) mass is 388 g/mol. The molecule has 27 heavy (non-hydrogen) atoms. The number of sulfone groups is 1. The minimum Gasteiger partial charge on any atom is -0.321 e. The molecule has 0 radical (unpaired) electrons. The van der Waals surface area contributed by atoms with Crippen LogP contribution in [0.2, 0.25) is 0 Å². The van der Waals surface area contributed by atoms with E-state index in [2.05, 4.69) is 10.3 Å². The predicted molar refractivity (Wildman–Crippen MR) is 99.7 cm³/mol. The quantitative estimate of drug-likeness (QED) is 0.688. The summed E-state index contributed by atoms with van der Waals surface area (Å²) in [6.45, 7) is 0. The maximum absolute atomic E-state index is 12.4. The van der Waals surface area contributed by atoms with Gasteiger partial charge in [-0.2, -0.15) is 0 Å². The van der Waals surface area contributed by atoms with Gasteiger partial charge in [-0.25, -0.2) is 18.2 Å². The first kappa shape index (κ1) is 18.5. The third-order valence-corrected chi connectivity index (χ3v) is 5.19. The smallest absolute Gasteiger partial charge is 0.321 e. The van der Waals surface area contributed by atoms with Crippen molar-refractivity contribution in [1.82, 2.24) is 14.1 Å². The molecule has 1 N–H and O–H groups in total. The summed E-state index contributed by atoms with van der Waals surface area (Å²) in [4.78, 5) is 40.8. The largest absolute Gasteiger partial charge is 0.332 e. The highest BCUT2D eigenvalue weighted by atomic mass is 32.2. The minimum absolute atomic E-state index is 0.0238. The van der Waals surface area contributed by atoms with Crippen molar-refractivity contribution in [2.24, 2.45) is 14.1 Å². The molecule has 1 aromatic carbocycles. The van der Waals surface area contributed by atoms with E-state index in [0.717, 1.165) is 10.8 Å². The zero-order valence-electron chi connectivity index (χ0n) is 14.8. The van der Waals surface area contributed by atoms with Crippen LogP contribution < -0.4 is 16.6 Å². The number of carbonyl (C=O) groups is 1. The second-order valence-corrected chi connectivity index (χ2v) is 8.07. The van der Waals surface area contributed by atoms with Crippen LogP contribution in [0.4, 0.5) is 5.69 Å². The van der Waals surface area contributed by atoms with Crippen LogP contribution in [0, 0.1) is 0 Å². The van der Waals surface area contributed by atoms with Gasteiger partial charge in [-0.3, -0.25) is 18.7 Å². The molecule has 3 aromatic rings. The molecule has 0 atom stereocenters. The van der Waals surface area contributed by atoms with Crippen molar-refractivity contribution in [2.45, 2.75) is 4.90 Å². The van der Waals surface area contributed by atoms with E-state index in [9.17, 15) is 22.8 Å². The molecule has 0 saturated carbocycles. The van der Waals surface area contributed by atoms with E-state index >= 15 is 0 Å². The highest BCUT2D eigenvalue weighted by Gasteiger charge is 2.14. The first-order valence-electron chi connectivity index (χ1n) is 7.77. The Morgan fingerprint density at radius 3 is 2.48 bits per heavy atom. The Morgan fingerprint density at radius 1 is 1.11 bits per heavy atom. The molecule has 0 fully saturated rings. The summed E-state index contributed by atoms with van der Waals surface area (Å²) in [6.07, 6.45) is 2.37. The molecule has 1 amide bonds. The van der Waals surface area contributed by atoms with Gasteiger partial charge in [0.1, 0.15) is 5.65 Å². The molecular formula is C17H16N4O5S. The molecule has 0 saturated heterocycles. The summed E-state index contributed by atoms with van der Waals surface area (Å²) in [6, 6.07) is 7.02. The van der Waals surface area contributed by atoms with Crippen molar-refractivity contribution in [1.29, 1.82) is 0 Å². The lowest BCUT2D eigenvalue weighted by Crippen LogP contribution is -2.37. The van der Waals surface area contributed by atoms with Crippen LogP contribution in [0.1, 0.15) is 10.4 Å². The van der Waals surface area contributed by atoms with Gasteiger partial charge in [-0.1, -0.05) is 6.07 Å². The van der Waals surface area contributed by atoms with Crippen molar-refractivity contribution in [3.63, 3.8) is 0 Å². The standard InChI is InChI=1S/C17H16N4O5S/c1-20-14-13(16(23)21(2)17(20)24)8-11(9-18-14)19-15(22)10-5-4-6-12(7-10)27(3,25)26/h4-9H,1-3H3,(H,19,22). The predicted octanol–water partition coefficient (Wildman–Crippen LogP) is 0.288. The third-order valence-electron chi connectivity index (χ3n) is 4.08. The van der Waals surface area contributed by atoms with Crippen LogP contribution in [0.3, 0.4) is 0 Å². The number of pyridine rings is 1. The van der Waals surface area contributed by atoms with Crippen molar-refractivity contribution < 1.29 is 13.2 Å². The second kappa shape index (κ2) is 6.47. The number of carbonyl (C=O) groups excluding carboxylic acids is 1. The Kier molecular flexibility index (Phi) is 4.44. The molecule has 0 spiro atoms. The van der Waals surface area contributed by atoms with E-state index in [-0.39, 0.29) is 27.2 Å². The number of nitrogens with zero attached hydrogens (tertiary/aromatic N) is 3. The number of benzene rings is 1. The zero-order valence-corrected chi connectivity index (χ0v) is 15.6. The molecule has 10 heteroatoms. The lowest BCUT2D eigenvalue weighted by atomic mass is 10.2. The van der Waals surface area contributed by atoms with E-state index < -0.39 is 27.0 Å². The van der Waals surface area contributed by atoms with Gasteiger partial charge in [0.05, 0.1) is 22.2 Å². The molecule has 9 nitrogen and oxygen atoms in total. The Bertz CT molecular complexity index is 1310. The number of hydrogen-bond acceptors (Lipinski definition) is 6. The van der Waals surface area contributed by atoms with Crippen LogP contribution in [0.25, 0.3) is 11.0 Å². The average Bonchev–Trinajstić information content (AvgIpc) is 2.64. The van der Waals surface area contributed by atoms with Gasteiger partial charge in [0.15, 0.2) is 9.84 Å².